The first kappa shape index (κ1) is 14.0. The number of rotatable bonds is 4. The number of hydrogen-bond acceptors (Lipinski definition) is 6. The Labute approximate surface area is 114 Å². The topological polar surface area (TPSA) is 75.2 Å². The molecule has 0 aliphatic carbocycles. The summed E-state index contributed by atoms with van der Waals surface area (Å²) in [4.78, 5) is 10.7. The molecule has 0 amide bonds. The van der Waals surface area contributed by atoms with Gasteiger partial charge in [0.05, 0.1) is 11.5 Å². The summed E-state index contributed by atoms with van der Waals surface area (Å²) in [6, 6.07) is 0. The fourth-order valence-corrected chi connectivity index (χ4v) is 3.20. The van der Waals surface area contributed by atoms with Gasteiger partial charge in [-0.3, -0.25) is 0 Å². The maximum atomic E-state index is 11.4. The highest BCUT2D eigenvalue weighted by Gasteiger charge is 2.23. The first-order valence-electron chi connectivity index (χ1n) is 6.55. The van der Waals surface area contributed by atoms with Gasteiger partial charge in [0.1, 0.15) is 5.82 Å². The molecule has 1 aromatic rings. The summed E-state index contributed by atoms with van der Waals surface area (Å²) in [7, 11) is -2.86. The van der Waals surface area contributed by atoms with Crippen LogP contribution in [0, 0.1) is 6.92 Å². The summed E-state index contributed by atoms with van der Waals surface area (Å²) in [5.74, 6) is 1.85. The van der Waals surface area contributed by atoms with Crippen molar-refractivity contribution in [3.05, 3.63) is 11.8 Å². The second-order valence-electron chi connectivity index (χ2n) is 4.77. The molecule has 6 nitrogen and oxygen atoms in total. The molecule has 7 heteroatoms. The molecule has 1 aliphatic rings. The zero-order chi connectivity index (χ0) is 13.9. The molecular formula is C12H20N4O2S. The highest BCUT2D eigenvalue weighted by Crippen LogP contribution is 2.20. The van der Waals surface area contributed by atoms with E-state index in [-0.39, 0.29) is 11.5 Å². The van der Waals surface area contributed by atoms with E-state index in [2.05, 4.69) is 22.2 Å². The Bertz CT molecular complexity index is 531. The van der Waals surface area contributed by atoms with E-state index in [0.717, 1.165) is 24.3 Å². The monoisotopic (exact) mass is 284 g/mol. The van der Waals surface area contributed by atoms with Crippen LogP contribution in [-0.4, -0.2) is 49.5 Å². The molecule has 0 atom stereocenters. The molecule has 0 saturated carbocycles. The van der Waals surface area contributed by atoms with Gasteiger partial charge in [-0.2, -0.15) is 4.98 Å². The third-order valence-electron chi connectivity index (χ3n) is 3.12. The van der Waals surface area contributed by atoms with Crippen LogP contribution < -0.4 is 10.2 Å². The number of hydrogen-bond donors (Lipinski definition) is 1. The van der Waals surface area contributed by atoms with E-state index in [4.69, 9.17) is 0 Å². The van der Waals surface area contributed by atoms with Crippen LogP contribution in [0.4, 0.5) is 11.8 Å². The molecule has 0 radical (unpaired) electrons. The van der Waals surface area contributed by atoms with Gasteiger partial charge < -0.3 is 10.2 Å². The lowest BCUT2D eigenvalue weighted by Crippen LogP contribution is -2.41. The van der Waals surface area contributed by atoms with Crippen LogP contribution in [0.1, 0.15) is 18.9 Å². The lowest BCUT2D eigenvalue weighted by atomic mass is 10.3. The van der Waals surface area contributed by atoms with Crippen molar-refractivity contribution in [2.75, 3.05) is 41.4 Å². The van der Waals surface area contributed by atoms with Crippen molar-refractivity contribution < 1.29 is 8.42 Å². The summed E-state index contributed by atoms with van der Waals surface area (Å²) in [6.45, 7) is 5.87. The van der Waals surface area contributed by atoms with Crippen molar-refractivity contribution in [3.8, 4) is 0 Å². The van der Waals surface area contributed by atoms with Gasteiger partial charge >= 0.3 is 0 Å². The van der Waals surface area contributed by atoms with Crippen molar-refractivity contribution >= 4 is 21.6 Å². The molecule has 0 bridgehead atoms. The van der Waals surface area contributed by atoms with E-state index in [1.807, 2.05) is 11.8 Å². The molecule has 2 rings (SSSR count). The number of aromatic nitrogens is 2. The molecule has 1 aromatic heterocycles. The smallest absolute Gasteiger partial charge is 0.224 e. The van der Waals surface area contributed by atoms with Gasteiger partial charge in [-0.25, -0.2) is 13.4 Å². The SMILES string of the molecule is CCCNc1ncc(C)c(N2CCS(=O)(=O)CC2)n1. The van der Waals surface area contributed by atoms with E-state index < -0.39 is 9.84 Å². The minimum absolute atomic E-state index is 0.203. The molecule has 0 unspecified atom stereocenters. The Balaban J connectivity index is 2.15. The molecular weight excluding hydrogens is 264 g/mol. The third-order valence-corrected chi connectivity index (χ3v) is 4.73. The molecule has 106 valence electrons. The average molecular weight is 284 g/mol. The Morgan fingerprint density at radius 2 is 2.05 bits per heavy atom. The summed E-state index contributed by atoms with van der Waals surface area (Å²) < 4.78 is 22.9. The summed E-state index contributed by atoms with van der Waals surface area (Å²) in [5.41, 5.74) is 0.973. The van der Waals surface area contributed by atoms with E-state index in [9.17, 15) is 8.42 Å². The third kappa shape index (κ3) is 3.56. The lowest BCUT2D eigenvalue weighted by Gasteiger charge is -2.28. The lowest BCUT2D eigenvalue weighted by molar-refractivity contribution is 0.586. The van der Waals surface area contributed by atoms with Crippen LogP contribution >= 0.6 is 0 Å². The molecule has 1 saturated heterocycles. The Hall–Kier alpha value is -1.37. The van der Waals surface area contributed by atoms with E-state index >= 15 is 0 Å². The van der Waals surface area contributed by atoms with Gasteiger partial charge in [0, 0.05) is 31.4 Å². The molecule has 19 heavy (non-hydrogen) atoms. The van der Waals surface area contributed by atoms with Gasteiger partial charge in [0.15, 0.2) is 9.84 Å². The number of nitrogens with one attached hydrogen (secondary N) is 1. The second kappa shape index (κ2) is 5.73. The van der Waals surface area contributed by atoms with E-state index in [0.29, 0.717) is 19.0 Å². The Kier molecular flexibility index (Phi) is 4.24. The number of anilines is 2. The zero-order valence-electron chi connectivity index (χ0n) is 11.4. The van der Waals surface area contributed by atoms with Crippen LogP contribution in [0.15, 0.2) is 6.20 Å². The molecule has 1 N–H and O–H groups in total. The largest absolute Gasteiger partial charge is 0.354 e. The Morgan fingerprint density at radius 1 is 1.37 bits per heavy atom. The summed E-state index contributed by atoms with van der Waals surface area (Å²) >= 11 is 0. The minimum atomic E-state index is -2.86. The normalized spacial score (nSPS) is 18.3. The van der Waals surface area contributed by atoms with Crippen molar-refractivity contribution in [2.45, 2.75) is 20.3 Å². The van der Waals surface area contributed by atoms with Crippen LogP contribution in [0.3, 0.4) is 0 Å². The van der Waals surface area contributed by atoms with Crippen LogP contribution in [-0.2, 0) is 9.84 Å². The Morgan fingerprint density at radius 3 is 2.68 bits per heavy atom. The average Bonchev–Trinajstić information content (AvgIpc) is 2.38. The highest BCUT2D eigenvalue weighted by atomic mass is 32.2. The van der Waals surface area contributed by atoms with Crippen molar-refractivity contribution in [1.29, 1.82) is 0 Å². The quantitative estimate of drug-likeness (QED) is 0.883. The number of sulfone groups is 1. The van der Waals surface area contributed by atoms with Crippen LogP contribution in [0.2, 0.25) is 0 Å². The summed E-state index contributed by atoms with van der Waals surface area (Å²) in [5, 5.41) is 3.15. The zero-order valence-corrected chi connectivity index (χ0v) is 12.2. The summed E-state index contributed by atoms with van der Waals surface area (Å²) in [6.07, 6.45) is 2.79. The van der Waals surface area contributed by atoms with Crippen molar-refractivity contribution in [3.63, 3.8) is 0 Å². The fraction of sp³-hybridized carbons (Fsp3) is 0.667. The van der Waals surface area contributed by atoms with Gasteiger partial charge in [-0.1, -0.05) is 6.92 Å². The number of nitrogens with zero attached hydrogens (tertiary/aromatic N) is 3. The molecule has 0 aromatic carbocycles. The number of aryl methyl sites for hydroxylation is 1. The highest BCUT2D eigenvalue weighted by molar-refractivity contribution is 7.91. The van der Waals surface area contributed by atoms with E-state index in [1.165, 1.54) is 0 Å². The van der Waals surface area contributed by atoms with E-state index in [1.54, 1.807) is 6.20 Å². The van der Waals surface area contributed by atoms with Gasteiger partial charge in [0.25, 0.3) is 0 Å². The predicted molar refractivity (Wildman–Crippen MR) is 76.4 cm³/mol. The first-order chi connectivity index (χ1) is 9.02. The van der Waals surface area contributed by atoms with Crippen LogP contribution in [0.5, 0.6) is 0 Å². The standard InChI is InChI=1S/C12H20N4O2S/c1-3-4-13-12-14-9-10(2)11(15-12)16-5-7-19(17,18)8-6-16/h9H,3-8H2,1-2H3,(H,13,14,15). The van der Waals surface area contributed by atoms with Crippen LogP contribution in [0.25, 0.3) is 0 Å². The van der Waals surface area contributed by atoms with Gasteiger partial charge in [0.2, 0.25) is 5.95 Å². The molecule has 2 heterocycles. The molecule has 0 spiro atoms. The molecule has 1 fully saturated rings. The predicted octanol–water partition coefficient (Wildman–Crippen LogP) is 0.842. The fourth-order valence-electron chi connectivity index (χ4n) is 2.00. The first-order valence-corrected chi connectivity index (χ1v) is 8.37. The van der Waals surface area contributed by atoms with Gasteiger partial charge in [-0.15, -0.1) is 0 Å². The maximum absolute atomic E-state index is 11.4. The minimum Gasteiger partial charge on any atom is -0.354 e. The van der Waals surface area contributed by atoms with Gasteiger partial charge in [-0.05, 0) is 13.3 Å². The second-order valence-corrected chi connectivity index (χ2v) is 7.07. The maximum Gasteiger partial charge on any atom is 0.224 e. The van der Waals surface area contributed by atoms with Crippen molar-refractivity contribution in [1.82, 2.24) is 9.97 Å². The molecule has 1 aliphatic heterocycles. The van der Waals surface area contributed by atoms with Crippen molar-refractivity contribution in [2.24, 2.45) is 0 Å².